The van der Waals surface area contributed by atoms with Crippen LogP contribution in [-0.4, -0.2) is 47.4 Å². The minimum atomic E-state index is -0.964. The zero-order valence-corrected chi connectivity index (χ0v) is 14.0. The van der Waals surface area contributed by atoms with Crippen LogP contribution in [0.1, 0.15) is 20.3 Å². The van der Waals surface area contributed by atoms with E-state index in [1.54, 1.807) is 29.2 Å². The Morgan fingerprint density at radius 1 is 1.13 bits per heavy atom. The summed E-state index contributed by atoms with van der Waals surface area (Å²) in [6, 6.07) is 6.76. The fourth-order valence-electron chi connectivity index (χ4n) is 2.00. The molecule has 0 unspecified atom stereocenters. The monoisotopic (exact) mass is 343 g/mol. The number of halogens is 1. The van der Waals surface area contributed by atoms with Gasteiger partial charge in [-0.2, -0.15) is 0 Å². The van der Waals surface area contributed by atoms with Crippen molar-refractivity contribution in [3.8, 4) is 0 Å². The van der Waals surface area contributed by atoms with Crippen LogP contribution in [0, 0.1) is 0 Å². The zero-order valence-electron chi connectivity index (χ0n) is 13.2. The molecule has 0 heterocycles. The molecule has 1 rings (SSSR count). The Hall–Kier alpha value is -2.12. The van der Waals surface area contributed by atoms with Crippen LogP contribution in [0.15, 0.2) is 24.3 Å². The summed E-state index contributed by atoms with van der Waals surface area (Å²) in [6.45, 7) is 3.69. The van der Waals surface area contributed by atoms with E-state index < -0.39 is 5.97 Å². The highest BCUT2D eigenvalue weighted by Gasteiger charge is 2.13. The average Bonchev–Trinajstić information content (AvgIpc) is 2.37. The van der Waals surface area contributed by atoms with Crippen LogP contribution in [0.5, 0.6) is 0 Å². The SMILES string of the molecule is CCCN(CC(=O)O)CC(=O)Nc1cccc(NC(C)=O)c1.Cl. The number of anilines is 2. The topological polar surface area (TPSA) is 98.7 Å². The van der Waals surface area contributed by atoms with Gasteiger partial charge >= 0.3 is 5.97 Å². The minimum absolute atomic E-state index is 0. The number of carbonyl (C=O) groups is 3. The van der Waals surface area contributed by atoms with Crippen molar-refractivity contribution in [2.45, 2.75) is 20.3 Å². The second kappa shape index (κ2) is 10.6. The molecule has 0 aliphatic carbocycles. The second-order valence-electron chi connectivity index (χ2n) is 4.91. The van der Waals surface area contributed by atoms with Crippen molar-refractivity contribution < 1.29 is 19.5 Å². The summed E-state index contributed by atoms with van der Waals surface area (Å²) in [5.41, 5.74) is 1.13. The van der Waals surface area contributed by atoms with Gasteiger partial charge in [-0.05, 0) is 31.2 Å². The lowest BCUT2D eigenvalue weighted by molar-refractivity contribution is -0.138. The Morgan fingerprint density at radius 3 is 2.26 bits per heavy atom. The number of carboxylic acids is 1. The predicted molar refractivity (Wildman–Crippen MR) is 91.0 cm³/mol. The first kappa shape index (κ1) is 20.9. The minimum Gasteiger partial charge on any atom is -0.480 e. The normalized spacial score (nSPS) is 9.87. The highest BCUT2D eigenvalue weighted by Crippen LogP contribution is 2.15. The molecule has 0 radical (unpaired) electrons. The molecule has 3 N–H and O–H groups in total. The second-order valence-corrected chi connectivity index (χ2v) is 4.91. The number of nitrogens with zero attached hydrogens (tertiary/aromatic N) is 1. The lowest BCUT2D eigenvalue weighted by Crippen LogP contribution is -2.37. The van der Waals surface area contributed by atoms with E-state index in [0.29, 0.717) is 17.9 Å². The molecular weight excluding hydrogens is 322 g/mol. The first-order valence-corrected chi connectivity index (χ1v) is 7.02. The predicted octanol–water partition coefficient (Wildman–Crippen LogP) is 1.80. The summed E-state index contributed by atoms with van der Waals surface area (Å²) < 4.78 is 0. The Morgan fingerprint density at radius 2 is 1.74 bits per heavy atom. The highest BCUT2D eigenvalue weighted by atomic mass is 35.5. The number of carbonyl (C=O) groups excluding carboxylic acids is 2. The van der Waals surface area contributed by atoms with Gasteiger partial charge in [0, 0.05) is 18.3 Å². The van der Waals surface area contributed by atoms with Crippen LogP contribution in [0.3, 0.4) is 0 Å². The molecule has 0 aromatic heterocycles. The molecule has 0 bridgehead atoms. The zero-order chi connectivity index (χ0) is 16.5. The van der Waals surface area contributed by atoms with Gasteiger partial charge in [-0.3, -0.25) is 19.3 Å². The Kier molecular flexibility index (Phi) is 9.60. The Labute approximate surface area is 141 Å². The first-order valence-electron chi connectivity index (χ1n) is 7.02. The van der Waals surface area contributed by atoms with Crippen molar-refractivity contribution in [3.05, 3.63) is 24.3 Å². The molecule has 128 valence electrons. The number of hydrogen-bond acceptors (Lipinski definition) is 4. The fourth-order valence-corrected chi connectivity index (χ4v) is 2.00. The summed E-state index contributed by atoms with van der Waals surface area (Å²) in [5, 5.41) is 14.1. The molecule has 1 aromatic carbocycles. The largest absolute Gasteiger partial charge is 0.480 e. The number of carboxylic acid groups (broad SMARTS) is 1. The molecule has 0 fully saturated rings. The van der Waals surface area contributed by atoms with E-state index >= 15 is 0 Å². The smallest absolute Gasteiger partial charge is 0.317 e. The van der Waals surface area contributed by atoms with Crippen LogP contribution < -0.4 is 10.6 Å². The van der Waals surface area contributed by atoms with Crippen molar-refractivity contribution in [2.75, 3.05) is 30.3 Å². The molecule has 0 spiro atoms. The summed E-state index contributed by atoms with van der Waals surface area (Å²) in [4.78, 5) is 35.3. The van der Waals surface area contributed by atoms with Crippen LogP contribution in [0.2, 0.25) is 0 Å². The number of nitrogens with one attached hydrogen (secondary N) is 2. The molecule has 0 saturated heterocycles. The maximum absolute atomic E-state index is 12.0. The summed E-state index contributed by atoms with van der Waals surface area (Å²) >= 11 is 0. The first-order chi connectivity index (χ1) is 10.4. The van der Waals surface area contributed by atoms with Gasteiger partial charge in [-0.1, -0.05) is 13.0 Å². The standard InChI is InChI=1S/C15H21N3O4.ClH/c1-3-7-18(10-15(21)22)9-14(20)17-13-6-4-5-12(8-13)16-11(2)19;/h4-6,8H,3,7,9-10H2,1-2H3,(H,16,19)(H,17,20)(H,21,22);1H. The molecule has 1 aromatic rings. The summed E-state index contributed by atoms with van der Waals surface area (Å²) in [5.74, 6) is -1.46. The molecule has 7 nitrogen and oxygen atoms in total. The maximum Gasteiger partial charge on any atom is 0.317 e. The third-order valence-electron chi connectivity index (χ3n) is 2.73. The van der Waals surface area contributed by atoms with Gasteiger partial charge in [0.25, 0.3) is 0 Å². The average molecular weight is 344 g/mol. The third kappa shape index (κ3) is 8.80. The van der Waals surface area contributed by atoms with Crippen LogP contribution in [0.25, 0.3) is 0 Å². The molecule has 2 amide bonds. The van der Waals surface area contributed by atoms with Gasteiger partial charge in [0.05, 0.1) is 13.1 Å². The summed E-state index contributed by atoms with van der Waals surface area (Å²) in [6.07, 6.45) is 0.762. The lowest BCUT2D eigenvalue weighted by Gasteiger charge is -2.18. The molecule has 0 aliphatic heterocycles. The quantitative estimate of drug-likeness (QED) is 0.668. The number of amides is 2. The van der Waals surface area contributed by atoms with Crippen molar-refractivity contribution in [2.24, 2.45) is 0 Å². The van der Waals surface area contributed by atoms with Crippen LogP contribution in [0.4, 0.5) is 11.4 Å². The van der Waals surface area contributed by atoms with Crippen molar-refractivity contribution in [3.63, 3.8) is 0 Å². The van der Waals surface area contributed by atoms with Gasteiger partial charge in [0.2, 0.25) is 11.8 Å². The van der Waals surface area contributed by atoms with E-state index in [1.807, 2.05) is 6.92 Å². The number of hydrogen-bond donors (Lipinski definition) is 3. The molecule has 8 heteroatoms. The lowest BCUT2D eigenvalue weighted by atomic mass is 10.2. The Balaban J connectivity index is 0.00000484. The summed E-state index contributed by atoms with van der Waals surface area (Å²) in [7, 11) is 0. The number of benzene rings is 1. The van der Waals surface area contributed by atoms with Crippen LogP contribution in [-0.2, 0) is 14.4 Å². The number of aliphatic carboxylic acids is 1. The fraction of sp³-hybridized carbons (Fsp3) is 0.400. The molecule has 0 aliphatic rings. The van der Waals surface area contributed by atoms with E-state index in [1.165, 1.54) is 6.92 Å². The van der Waals surface area contributed by atoms with Crippen molar-refractivity contribution >= 4 is 41.6 Å². The Bertz CT molecular complexity index is 551. The van der Waals surface area contributed by atoms with Gasteiger partial charge in [0.1, 0.15) is 0 Å². The van der Waals surface area contributed by atoms with Gasteiger partial charge in [-0.25, -0.2) is 0 Å². The van der Waals surface area contributed by atoms with E-state index in [4.69, 9.17) is 5.11 Å². The highest BCUT2D eigenvalue weighted by molar-refractivity contribution is 5.94. The van der Waals surface area contributed by atoms with Gasteiger partial charge < -0.3 is 15.7 Å². The number of rotatable bonds is 8. The van der Waals surface area contributed by atoms with E-state index in [-0.39, 0.29) is 37.3 Å². The molecule has 0 atom stereocenters. The van der Waals surface area contributed by atoms with E-state index in [2.05, 4.69) is 10.6 Å². The molecule has 23 heavy (non-hydrogen) atoms. The van der Waals surface area contributed by atoms with Crippen molar-refractivity contribution in [1.82, 2.24) is 4.90 Å². The van der Waals surface area contributed by atoms with E-state index in [0.717, 1.165) is 6.42 Å². The van der Waals surface area contributed by atoms with Crippen molar-refractivity contribution in [1.29, 1.82) is 0 Å². The third-order valence-corrected chi connectivity index (χ3v) is 2.73. The van der Waals surface area contributed by atoms with E-state index in [9.17, 15) is 14.4 Å². The maximum atomic E-state index is 12.0. The molecular formula is C15H22ClN3O4. The van der Waals surface area contributed by atoms with Gasteiger partial charge in [0.15, 0.2) is 0 Å². The van der Waals surface area contributed by atoms with Gasteiger partial charge in [-0.15, -0.1) is 12.4 Å². The van der Waals surface area contributed by atoms with Crippen LogP contribution >= 0.6 is 12.4 Å². The molecule has 0 saturated carbocycles.